The number of nitro benzene ring substituents is 1. The lowest BCUT2D eigenvalue weighted by Gasteiger charge is -2.22. The van der Waals surface area contributed by atoms with E-state index in [-0.39, 0.29) is 23.3 Å². The molecule has 0 saturated carbocycles. The van der Waals surface area contributed by atoms with Gasteiger partial charge in [-0.05, 0) is 38.1 Å². The molecule has 2 aromatic carbocycles. The first-order chi connectivity index (χ1) is 14.7. The molecule has 0 amide bonds. The van der Waals surface area contributed by atoms with Crippen LogP contribution in [0.5, 0.6) is 23.0 Å². The fourth-order valence-electron chi connectivity index (χ4n) is 2.54. The van der Waals surface area contributed by atoms with Crippen molar-refractivity contribution >= 4 is 19.4 Å². The van der Waals surface area contributed by atoms with Gasteiger partial charge in [-0.1, -0.05) is 0 Å². The third kappa shape index (κ3) is 6.34. The molecule has 3 rings (SSSR count). The summed E-state index contributed by atoms with van der Waals surface area (Å²) in [6.07, 6.45) is -0.358. The van der Waals surface area contributed by atoms with E-state index in [0.29, 0.717) is 24.7 Å². The maximum absolute atomic E-state index is 13.4. The highest BCUT2D eigenvalue weighted by atomic mass is 31.2. The number of nitro groups is 1. The second-order valence-electron chi connectivity index (χ2n) is 6.61. The number of carbonyl (C=O) groups excluding carboxylic acids is 1. The van der Waals surface area contributed by atoms with Crippen molar-refractivity contribution in [3.05, 3.63) is 52.6 Å². The topological polar surface area (TPSA) is 135 Å². The summed E-state index contributed by atoms with van der Waals surface area (Å²) < 4.78 is 40.3. The average molecular weight is 452 g/mol. The number of carbonyl (C=O) groups is 1. The molecule has 0 aliphatic carbocycles. The Morgan fingerprint density at radius 1 is 1.10 bits per heavy atom. The van der Waals surface area contributed by atoms with Crippen LogP contribution in [-0.4, -0.2) is 36.8 Å². The van der Waals surface area contributed by atoms with Gasteiger partial charge in [0.1, 0.15) is 31.3 Å². The smallest absolute Gasteiger partial charge is 0.486 e. The zero-order chi connectivity index (χ0) is 22.4. The van der Waals surface area contributed by atoms with E-state index < -0.39 is 25.2 Å². The minimum Gasteiger partial charge on any atom is -0.486 e. The number of nitrogens with zero attached hydrogens (tertiary/aromatic N) is 1. The molecule has 11 nitrogen and oxygen atoms in total. The summed E-state index contributed by atoms with van der Waals surface area (Å²) in [5.41, 5.74) is -0.164. The summed E-state index contributed by atoms with van der Waals surface area (Å²) in [6.45, 7) is 3.67. The van der Waals surface area contributed by atoms with Gasteiger partial charge in [0.25, 0.3) is 5.69 Å². The van der Waals surface area contributed by atoms with Crippen molar-refractivity contribution in [1.29, 1.82) is 0 Å². The summed E-state index contributed by atoms with van der Waals surface area (Å²) in [5.74, 6) is 0.437. The van der Waals surface area contributed by atoms with Crippen LogP contribution < -0.4 is 23.6 Å². The van der Waals surface area contributed by atoms with Crippen molar-refractivity contribution in [3.63, 3.8) is 0 Å². The Balaban J connectivity index is 1.80. The molecule has 0 saturated heterocycles. The zero-order valence-electron chi connectivity index (χ0n) is 16.8. The summed E-state index contributed by atoms with van der Waals surface area (Å²) in [6, 6.07) is 9.50. The van der Waals surface area contributed by atoms with Crippen LogP contribution in [0.15, 0.2) is 42.5 Å². The van der Waals surface area contributed by atoms with E-state index in [1.54, 1.807) is 19.9 Å². The highest BCUT2D eigenvalue weighted by molar-refractivity contribution is 7.52. The van der Waals surface area contributed by atoms with Crippen LogP contribution in [0.2, 0.25) is 0 Å². The van der Waals surface area contributed by atoms with E-state index in [1.165, 1.54) is 36.4 Å². The zero-order valence-corrected chi connectivity index (χ0v) is 17.7. The average Bonchev–Trinajstić information content (AvgIpc) is 2.72. The molecule has 31 heavy (non-hydrogen) atoms. The minimum absolute atomic E-state index is 0.0382. The van der Waals surface area contributed by atoms with Gasteiger partial charge in [-0.2, -0.15) is 5.09 Å². The Morgan fingerprint density at radius 2 is 1.71 bits per heavy atom. The van der Waals surface area contributed by atoms with Crippen LogP contribution in [-0.2, 0) is 14.1 Å². The monoisotopic (exact) mass is 452 g/mol. The number of ether oxygens (including phenoxy) is 3. The number of rotatable bonds is 9. The molecule has 2 aromatic rings. The van der Waals surface area contributed by atoms with Gasteiger partial charge in [-0.15, -0.1) is 0 Å². The van der Waals surface area contributed by atoms with E-state index >= 15 is 0 Å². The second-order valence-corrected chi connectivity index (χ2v) is 8.29. The molecule has 0 spiro atoms. The Hall–Kier alpha value is -3.30. The van der Waals surface area contributed by atoms with E-state index in [2.05, 4.69) is 5.09 Å². The van der Waals surface area contributed by atoms with Gasteiger partial charge in [0.2, 0.25) is 0 Å². The van der Waals surface area contributed by atoms with Gasteiger partial charge in [0.05, 0.1) is 11.0 Å². The molecule has 0 bridgehead atoms. The first kappa shape index (κ1) is 22.4. The van der Waals surface area contributed by atoms with Gasteiger partial charge >= 0.3 is 13.7 Å². The van der Waals surface area contributed by atoms with E-state index in [1.807, 2.05) is 0 Å². The molecule has 0 fully saturated rings. The van der Waals surface area contributed by atoms with Crippen LogP contribution in [0.3, 0.4) is 0 Å². The number of fused-ring (bicyclic) bond motifs is 1. The number of nitrogens with one attached hydrogen (secondary N) is 1. The quantitative estimate of drug-likeness (QED) is 0.261. The van der Waals surface area contributed by atoms with Crippen LogP contribution in [0.25, 0.3) is 0 Å². The summed E-state index contributed by atoms with van der Waals surface area (Å²) in [7, 11) is -4.15. The van der Waals surface area contributed by atoms with Crippen LogP contribution >= 0.6 is 7.75 Å². The molecule has 0 radical (unpaired) electrons. The highest BCUT2D eigenvalue weighted by Crippen LogP contribution is 2.46. The molecule has 1 N–H and O–H groups in total. The maximum Gasteiger partial charge on any atom is 0.513 e. The molecule has 166 valence electrons. The van der Waals surface area contributed by atoms with Crippen molar-refractivity contribution in [3.8, 4) is 23.0 Å². The van der Waals surface area contributed by atoms with Crippen LogP contribution in [0.4, 0.5) is 5.69 Å². The fraction of sp³-hybridized carbons (Fsp3) is 0.316. The Labute approximate surface area is 177 Å². The Bertz CT molecular complexity index is 994. The molecule has 1 aliphatic rings. The first-order valence-electron chi connectivity index (χ1n) is 9.32. The molecular weight excluding hydrogens is 431 g/mol. The van der Waals surface area contributed by atoms with Crippen LogP contribution in [0, 0.1) is 10.1 Å². The lowest BCUT2D eigenvalue weighted by atomic mass is 10.3. The largest absolute Gasteiger partial charge is 0.513 e. The Morgan fingerprint density at radius 3 is 2.35 bits per heavy atom. The normalized spacial score (nSPS) is 14.4. The molecule has 1 atom stereocenters. The second kappa shape index (κ2) is 9.67. The summed E-state index contributed by atoms with van der Waals surface area (Å²) in [4.78, 5) is 22.1. The van der Waals surface area contributed by atoms with Gasteiger partial charge in [-0.3, -0.25) is 14.9 Å². The lowest BCUT2D eigenvalue weighted by Crippen LogP contribution is -2.28. The summed E-state index contributed by atoms with van der Waals surface area (Å²) in [5, 5.41) is 13.3. The van der Waals surface area contributed by atoms with Gasteiger partial charge < -0.3 is 23.3 Å². The number of hydrogen-bond donors (Lipinski definition) is 1. The third-order valence-corrected chi connectivity index (χ3v) is 5.24. The molecule has 1 heterocycles. The van der Waals surface area contributed by atoms with Gasteiger partial charge in [0.15, 0.2) is 11.5 Å². The summed E-state index contributed by atoms with van der Waals surface area (Å²) >= 11 is 0. The van der Waals surface area contributed by atoms with Crippen molar-refractivity contribution in [2.24, 2.45) is 0 Å². The number of hydrogen-bond acceptors (Lipinski definition) is 9. The highest BCUT2D eigenvalue weighted by Gasteiger charge is 2.30. The van der Waals surface area contributed by atoms with Crippen LogP contribution in [0.1, 0.15) is 13.8 Å². The maximum atomic E-state index is 13.4. The molecule has 1 aliphatic heterocycles. The lowest BCUT2D eigenvalue weighted by molar-refractivity contribution is -0.384. The molecular formula is C19H21N2O9P. The standard InChI is InChI=1S/C19H21N2O9P/c1-13(2)28-19(22)12-20-31(25,29-15-5-3-14(4-6-15)21(23)24)30-16-7-8-17-18(11-16)27-10-9-26-17/h3-8,11,13H,9-10,12H2,1-2H3,(H,20,25). The van der Waals surface area contributed by atoms with E-state index in [0.717, 1.165) is 0 Å². The predicted octanol–water partition coefficient (Wildman–Crippen LogP) is 3.47. The molecule has 0 aromatic heterocycles. The number of non-ortho nitro benzene ring substituents is 1. The van der Waals surface area contributed by atoms with E-state index in [4.69, 9.17) is 23.3 Å². The molecule has 12 heteroatoms. The van der Waals surface area contributed by atoms with Gasteiger partial charge in [-0.25, -0.2) is 4.57 Å². The third-order valence-electron chi connectivity index (χ3n) is 3.80. The van der Waals surface area contributed by atoms with Gasteiger partial charge in [0, 0.05) is 18.2 Å². The van der Waals surface area contributed by atoms with Crippen molar-refractivity contribution in [2.75, 3.05) is 19.8 Å². The minimum atomic E-state index is -4.15. The van der Waals surface area contributed by atoms with E-state index in [9.17, 15) is 19.5 Å². The Kier molecular flexibility index (Phi) is 6.98. The number of esters is 1. The van der Waals surface area contributed by atoms with Crippen molar-refractivity contribution in [2.45, 2.75) is 20.0 Å². The predicted molar refractivity (Wildman–Crippen MR) is 109 cm³/mol. The number of benzene rings is 2. The SMILES string of the molecule is CC(C)OC(=O)CNP(=O)(Oc1ccc([N+](=O)[O-])cc1)Oc1ccc2c(c1)OCCO2. The fourth-order valence-corrected chi connectivity index (χ4v) is 3.82. The molecule has 1 unspecified atom stereocenters. The van der Waals surface area contributed by atoms with Crippen molar-refractivity contribution in [1.82, 2.24) is 5.09 Å². The first-order valence-corrected chi connectivity index (χ1v) is 10.9. The van der Waals surface area contributed by atoms with Crippen molar-refractivity contribution < 1.29 is 37.5 Å².